The summed E-state index contributed by atoms with van der Waals surface area (Å²) in [7, 11) is 1.48. The van der Waals surface area contributed by atoms with Crippen molar-refractivity contribution in [3.05, 3.63) is 17.5 Å². The van der Waals surface area contributed by atoms with Crippen LogP contribution >= 0.6 is 0 Å². The highest BCUT2D eigenvalue weighted by atomic mass is 16.5. The minimum atomic E-state index is -0.473. The fourth-order valence-corrected chi connectivity index (χ4v) is 2.25. The molecule has 2 heterocycles. The summed E-state index contributed by atoms with van der Waals surface area (Å²) in [5, 5.41) is 8.49. The number of rotatable bonds is 4. The molecule has 0 bridgehead atoms. The molecule has 1 saturated heterocycles. The van der Waals surface area contributed by atoms with Gasteiger partial charge in [-0.2, -0.15) is 0 Å². The van der Waals surface area contributed by atoms with Gasteiger partial charge < -0.3 is 9.84 Å². The van der Waals surface area contributed by atoms with E-state index in [4.69, 9.17) is 4.52 Å². The molecule has 0 aliphatic carbocycles. The molecule has 116 valence electrons. The van der Waals surface area contributed by atoms with Crippen molar-refractivity contribution in [2.24, 2.45) is 0 Å². The number of amides is 3. The van der Waals surface area contributed by atoms with Crippen molar-refractivity contribution in [2.45, 2.75) is 13.5 Å². The number of aryl methyl sites for hydroxylation is 1. The van der Waals surface area contributed by atoms with Crippen LogP contribution in [0.1, 0.15) is 11.5 Å². The summed E-state index contributed by atoms with van der Waals surface area (Å²) in [6, 6.07) is 1.46. The van der Waals surface area contributed by atoms with Crippen LogP contribution in [-0.4, -0.2) is 66.7 Å². The number of hydrogen-bond donors (Lipinski definition) is 2. The molecular weight excluding hydrogens is 274 g/mol. The Hall–Kier alpha value is -1.93. The summed E-state index contributed by atoms with van der Waals surface area (Å²) < 4.78 is 5.20. The molecular formula is C13H21N5O3. The second-order valence-electron chi connectivity index (χ2n) is 5.11. The first-order valence-corrected chi connectivity index (χ1v) is 6.95. The van der Waals surface area contributed by atoms with Gasteiger partial charge in [-0.05, 0) is 6.92 Å². The molecule has 1 aliphatic rings. The number of imide groups is 1. The van der Waals surface area contributed by atoms with Gasteiger partial charge >= 0.3 is 6.03 Å². The molecule has 1 fully saturated rings. The van der Waals surface area contributed by atoms with Gasteiger partial charge in [-0.25, -0.2) is 4.79 Å². The van der Waals surface area contributed by atoms with E-state index in [9.17, 15) is 9.59 Å². The van der Waals surface area contributed by atoms with Crippen molar-refractivity contribution in [3.63, 3.8) is 0 Å². The zero-order valence-corrected chi connectivity index (χ0v) is 12.4. The number of aromatic nitrogens is 1. The normalized spacial score (nSPS) is 16.7. The Labute approximate surface area is 123 Å². The van der Waals surface area contributed by atoms with E-state index in [0.717, 1.165) is 44.2 Å². The zero-order valence-electron chi connectivity index (χ0n) is 12.4. The zero-order chi connectivity index (χ0) is 15.2. The highest BCUT2D eigenvalue weighted by molar-refractivity contribution is 5.95. The van der Waals surface area contributed by atoms with Gasteiger partial charge in [0.25, 0.3) is 0 Å². The summed E-state index contributed by atoms with van der Waals surface area (Å²) in [6.45, 7) is 6.15. The monoisotopic (exact) mass is 295 g/mol. The van der Waals surface area contributed by atoms with Gasteiger partial charge in [-0.3, -0.25) is 19.9 Å². The van der Waals surface area contributed by atoms with Gasteiger partial charge in [0, 0.05) is 39.3 Å². The number of carbonyl (C=O) groups is 2. The highest BCUT2D eigenvalue weighted by Crippen LogP contribution is 2.09. The second kappa shape index (κ2) is 7.19. The third-order valence-electron chi connectivity index (χ3n) is 3.37. The Kier molecular flexibility index (Phi) is 5.29. The molecule has 0 unspecified atom stereocenters. The average Bonchev–Trinajstić information content (AvgIpc) is 2.86. The molecule has 2 rings (SSSR count). The number of piperazine rings is 1. The van der Waals surface area contributed by atoms with Gasteiger partial charge in [0.05, 0.1) is 18.8 Å². The smallest absolute Gasteiger partial charge is 0.321 e. The molecule has 0 saturated carbocycles. The minimum absolute atomic E-state index is 0.239. The van der Waals surface area contributed by atoms with Crippen LogP contribution in [0.25, 0.3) is 0 Å². The van der Waals surface area contributed by atoms with Gasteiger partial charge in [0.1, 0.15) is 0 Å². The molecule has 8 nitrogen and oxygen atoms in total. The summed E-state index contributed by atoms with van der Waals surface area (Å²) in [5.74, 6) is 0.576. The quantitative estimate of drug-likeness (QED) is 0.782. The van der Waals surface area contributed by atoms with Crippen LogP contribution in [0, 0.1) is 6.92 Å². The summed E-state index contributed by atoms with van der Waals surface area (Å²) in [6.07, 6.45) is 0. The van der Waals surface area contributed by atoms with Gasteiger partial charge in [-0.15, -0.1) is 0 Å². The lowest BCUT2D eigenvalue weighted by Gasteiger charge is -2.33. The fraction of sp³-hybridized carbons (Fsp3) is 0.615. The highest BCUT2D eigenvalue weighted by Gasteiger charge is 2.20. The van der Waals surface area contributed by atoms with Crippen LogP contribution in [0.3, 0.4) is 0 Å². The minimum Gasteiger partial charge on any atom is -0.360 e. The summed E-state index contributed by atoms with van der Waals surface area (Å²) in [5.41, 5.74) is 0.884. The number of urea groups is 1. The van der Waals surface area contributed by atoms with E-state index >= 15 is 0 Å². The maximum absolute atomic E-state index is 11.6. The van der Waals surface area contributed by atoms with Crippen molar-refractivity contribution < 1.29 is 14.1 Å². The first-order chi connectivity index (χ1) is 10.1. The van der Waals surface area contributed by atoms with Gasteiger partial charge in [0.2, 0.25) is 5.91 Å². The SMILES string of the molecule is CNC(=O)NC(=O)CN1CCN(Cc2cc(C)no2)CC1. The van der Waals surface area contributed by atoms with Gasteiger partial charge in [-0.1, -0.05) is 5.16 Å². The van der Waals surface area contributed by atoms with Gasteiger partial charge in [0.15, 0.2) is 5.76 Å². The lowest BCUT2D eigenvalue weighted by Crippen LogP contribution is -2.50. The van der Waals surface area contributed by atoms with Crippen molar-refractivity contribution in [1.29, 1.82) is 0 Å². The number of nitrogens with one attached hydrogen (secondary N) is 2. The first-order valence-electron chi connectivity index (χ1n) is 6.95. The van der Waals surface area contributed by atoms with Crippen LogP contribution in [0.5, 0.6) is 0 Å². The topological polar surface area (TPSA) is 90.7 Å². The van der Waals surface area contributed by atoms with Crippen LogP contribution < -0.4 is 10.6 Å². The number of hydrogen-bond acceptors (Lipinski definition) is 6. The fourth-order valence-electron chi connectivity index (χ4n) is 2.25. The molecule has 0 aromatic carbocycles. The third kappa shape index (κ3) is 4.83. The van der Waals surface area contributed by atoms with E-state index in [-0.39, 0.29) is 12.5 Å². The van der Waals surface area contributed by atoms with Crippen LogP contribution in [-0.2, 0) is 11.3 Å². The van der Waals surface area contributed by atoms with Crippen LogP contribution in [0.4, 0.5) is 4.79 Å². The molecule has 0 spiro atoms. The number of carbonyl (C=O) groups excluding carboxylic acids is 2. The molecule has 1 aliphatic heterocycles. The second-order valence-corrected chi connectivity index (χ2v) is 5.11. The Balaban J connectivity index is 1.70. The molecule has 1 aromatic heterocycles. The molecule has 3 amide bonds. The molecule has 2 N–H and O–H groups in total. The Morgan fingerprint density at radius 2 is 1.95 bits per heavy atom. The van der Waals surface area contributed by atoms with Crippen molar-refractivity contribution in [1.82, 2.24) is 25.6 Å². The van der Waals surface area contributed by atoms with Crippen molar-refractivity contribution in [2.75, 3.05) is 39.8 Å². The standard InChI is InChI=1S/C13H21N5O3/c1-10-7-11(21-16-10)8-17-3-5-18(6-4-17)9-12(19)15-13(20)14-2/h7H,3-6,8-9H2,1-2H3,(H2,14,15,19,20). The van der Waals surface area contributed by atoms with Crippen LogP contribution in [0.15, 0.2) is 10.6 Å². The molecule has 21 heavy (non-hydrogen) atoms. The maximum atomic E-state index is 11.6. The predicted octanol–water partition coefficient (Wildman–Crippen LogP) is -0.444. The van der Waals surface area contributed by atoms with E-state index < -0.39 is 6.03 Å². The molecule has 8 heteroatoms. The lowest BCUT2D eigenvalue weighted by molar-refractivity contribution is -0.121. The van der Waals surface area contributed by atoms with E-state index in [1.807, 2.05) is 17.9 Å². The van der Waals surface area contributed by atoms with E-state index in [0.29, 0.717) is 0 Å². The van der Waals surface area contributed by atoms with E-state index in [1.165, 1.54) is 7.05 Å². The number of nitrogens with zero attached hydrogens (tertiary/aromatic N) is 3. The predicted molar refractivity (Wildman–Crippen MR) is 75.6 cm³/mol. The first kappa shape index (κ1) is 15.5. The Morgan fingerprint density at radius 1 is 1.29 bits per heavy atom. The third-order valence-corrected chi connectivity index (χ3v) is 3.37. The van der Waals surface area contributed by atoms with Crippen molar-refractivity contribution in [3.8, 4) is 0 Å². The largest absolute Gasteiger partial charge is 0.360 e. The summed E-state index contributed by atoms with van der Waals surface area (Å²) in [4.78, 5) is 26.9. The van der Waals surface area contributed by atoms with E-state index in [2.05, 4.69) is 20.7 Å². The Morgan fingerprint density at radius 3 is 2.52 bits per heavy atom. The lowest BCUT2D eigenvalue weighted by atomic mass is 10.3. The van der Waals surface area contributed by atoms with Crippen molar-refractivity contribution >= 4 is 11.9 Å². The van der Waals surface area contributed by atoms with E-state index in [1.54, 1.807) is 0 Å². The van der Waals surface area contributed by atoms with Crippen LogP contribution in [0.2, 0.25) is 0 Å². The molecule has 0 atom stereocenters. The average molecular weight is 295 g/mol. The molecule has 0 radical (unpaired) electrons. The summed E-state index contributed by atoms with van der Waals surface area (Å²) >= 11 is 0. The Bertz CT molecular complexity index is 494. The molecule has 1 aromatic rings. The maximum Gasteiger partial charge on any atom is 0.321 e.